The third kappa shape index (κ3) is 4.69. The first-order valence-electron chi connectivity index (χ1n) is 20.8. The molecule has 0 fully saturated rings. The second-order valence-electron chi connectivity index (χ2n) is 16.3. The molecule has 4 aromatic heterocycles. The Morgan fingerprint density at radius 3 is 1.24 bits per heavy atom. The Balaban J connectivity index is 1.29. The van der Waals surface area contributed by atoms with Gasteiger partial charge in [-0.05, 0) is 96.8 Å². The highest BCUT2D eigenvalue weighted by Crippen LogP contribution is 2.51. The van der Waals surface area contributed by atoms with E-state index >= 15 is 8.78 Å². The minimum Gasteiger partial charge on any atom is -0.454 e. The molecule has 0 aliphatic heterocycles. The van der Waals surface area contributed by atoms with Crippen molar-refractivity contribution in [2.24, 2.45) is 0 Å². The van der Waals surface area contributed by atoms with E-state index in [0.717, 1.165) is 121 Å². The summed E-state index contributed by atoms with van der Waals surface area (Å²) in [4.78, 5) is 0. The smallest absolute Gasteiger partial charge is 0.160 e. The fraction of sp³-hybridized carbons (Fsp3) is 0.0357. The zero-order chi connectivity index (χ0) is 41.4. The predicted molar refractivity (Wildman–Crippen MR) is 250 cm³/mol. The molecule has 0 atom stereocenters. The van der Waals surface area contributed by atoms with Gasteiger partial charge in [0.25, 0.3) is 0 Å². The molecule has 0 amide bonds. The van der Waals surface area contributed by atoms with E-state index < -0.39 is 0 Å². The zero-order valence-corrected chi connectivity index (χ0v) is 33.6. The number of hydrogen-bond acceptors (Lipinski definition) is 2. The van der Waals surface area contributed by atoms with E-state index in [1.165, 1.54) is 12.1 Å². The first-order valence-corrected chi connectivity index (χ1v) is 20.8. The van der Waals surface area contributed by atoms with Gasteiger partial charge in [-0.1, -0.05) is 109 Å². The highest BCUT2D eigenvalue weighted by atomic mass is 19.1. The van der Waals surface area contributed by atoms with Crippen LogP contribution in [0.4, 0.5) is 8.78 Å². The normalized spacial score (nSPS) is 12.2. The first-order chi connectivity index (χ1) is 30.4. The average Bonchev–Trinajstić information content (AvgIpc) is 4.04. The lowest BCUT2D eigenvalue weighted by Gasteiger charge is -2.27. The minimum atomic E-state index is -0.356. The van der Waals surface area contributed by atoms with Crippen molar-refractivity contribution in [3.63, 3.8) is 0 Å². The molecule has 13 aromatic rings. The first kappa shape index (κ1) is 34.9. The van der Waals surface area contributed by atoms with Crippen LogP contribution in [0.2, 0.25) is 0 Å². The van der Waals surface area contributed by atoms with Gasteiger partial charge in [-0.3, -0.25) is 0 Å². The topological polar surface area (TPSA) is 36.1 Å². The number of furan rings is 2. The van der Waals surface area contributed by atoms with Gasteiger partial charge in [-0.15, -0.1) is 0 Å². The number of hydrogen-bond donors (Lipinski definition) is 0. The molecule has 0 saturated heterocycles. The van der Waals surface area contributed by atoms with E-state index in [2.05, 4.69) is 102 Å². The van der Waals surface area contributed by atoms with Gasteiger partial charge in [-0.25, -0.2) is 8.78 Å². The fourth-order valence-corrected chi connectivity index (χ4v) is 10.5. The molecule has 0 unspecified atom stereocenters. The van der Waals surface area contributed by atoms with Gasteiger partial charge < -0.3 is 18.0 Å². The SMILES string of the molecule is Cc1c(-c2cccc(F)c2)c(-n2c3ccccc3c3ccc4c5ccccc5oc4c32)c(-c2cccc(F)c2)c(C)c1-n1c2ccccc2c2ccc3c4ccccc4oc3c21. The summed E-state index contributed by atoms with van der Waals surface area (Å²) in [6.07, 6.45) is 0. The van der Waals surface area contributed by atoms with Gasteiger partial charge >= 0.3 is 0 Å². The largest absolute Gasteiger partial charge is 0.454 e. The number of fused-ring (bicyclic) bond motifs is 14. The zero-order valence-electron chi connectivity index (χ0n) is 33.6. The van der Waals surface area contributed by atoms with E-state index in [0.29, 0.717) is 11.1 Å². The molecular formula is C56H34F2N2O2. The Morgan fingerprint density at radius 1 is 0.371 bits per heavy atom. The van der Waals surface area contributed by atoms with Crippen LogP contribution in [0.25, 0.3) is 121 Å². The monoisotopic (exact) mass is 804 g/mol. The molecule has 0 bridgehead atoms. The van der Waals surface area contributed by atoms with Crippen molar-refractivity contribution >= 4 is 87.5 Å². The van der Waals surface area contributed by atoms with Gasteiger partial charge in [0.2, 0.25) is 0 Å². The highest BCUT2D eigenvalue weighted by Gasteiger charge is 2.30. The molecule has 0 saturated carbocycles. The van der Waals surface area contributed by atoms with Crippen molar-refractivity contribution < 1.29 is 17.6 Å². The second-order valence-corrected chi connectivity index (χ2v) is 16.3. The van der Waals surface area contributed by atoms with Gasteiger partial charge in [-0.2, -0.15) is 0 Å². The maximum atomic E-state index is 15.8. The summed E-state index contributed by atoms with van der Waals surface area (Å²) >= 11 is 0. The lowest BCUT2D eigenvalue weighted by molar-refractivity contribution is 0.628. The predicted octanol–water partition coefficient (Wildman–Crippen LogP) is 15.9. The Bertz CT molecular complexity index is 3980. The van der Waals surface area contributed by atoms with Crippen molar-refractivity contribution in [2.45, 2.75) is 13.8 Å². The van der Waals surface area contributed by atoms with E-state index in [1.807, 2.05) is 54.6 Å². The van der Waals surface area contributed by atoms with Gasteiger partial charge in [0.05, 0.1) is 33.4 Å². The van der Waals surface area contributed by atoms with Crippen molar-refractivity contribution in [3.8, 4) is 33.6 Å². The fourth-order valence-electron chi connectivity index (χ4n) is 10.5. The summed E-state index contributed by atoms with van der Waals surface area (Å²) < 4.78 is 49.9. The van der Waals surface area contributed by atoms with Gasteiger partial charge in [0.1, 0.15) is 22.8 Å². The Morgan fingerprint density at radius 2 is 0.774 bits per heavy atom. The Kier molecular flexibility index (Phi) is 7.18. The Hall–Kier alpha value is -7.96. The van der Waals surface area contributed by atoms with Crippen molar-refractivity contribution in [2.75, 3.05) is 0 Å². The number of para-hydroxylation sites is 4. The van der Waals surface area contributed by atoms with Crippen LogP contribution in [0.15, 0.2) is 179 Å². The van der Waals surface area contributed by atoms with Crippen molar-refractivity contribution in [1.29, 1.82) is 0 Å². The molecule has 0 radical (unpaired) electrons. The summed E-state index contributed by atoms with van der Waals surface area (Å²) in [5.74, 6) is -0.713. The van der Waals surface area contributed by atoms with Gasteiger partial charge in [0.15, 0.2) is 11.2 Å². The summed E-state index contributed by atoms with van der Waals surface area (Å²) in [5, 5.41) is 8.22. The maximum Gasteiger partial charge on any atom is 0.160 e. The third-order valence-electron chi connectivity index (χ3n) is 13.0. The van der Waals surface area contributed by atoms with E-state index in [1.54, 1.807) is 24.3 Å². The molecule has 6 heteroatoms. The number of nitrogens with zero attached hydrogens (tertiary/aromatic N) is 2. The molecule has 9 aromatic carbocycles. The summed E-state index contributed by atoms with van der Waals surface area (Å²) in [5.41, 5.74) is 13.4. The number of benzene rings is 9. The van der Waals surface area contributed by atoms with E-state index in [4.69, 9.17) is 8.83 Å². The highest BCUT2D eigenvalue weighted by molar-refractivity contribution is 6.24. The molecule has 294 valence electrons. The lowest BCUT2D eigenvalue weighted by Crippen LogP contribution is -2.10. The average molecular weight is 805 g/mol. The van der Waals surface area contributed by atoms with Crippen LogP contribution >= 0.6 is 0 Å². The molecule has 0 aliphatic rings. The quantitative estimate of drug-likeness (QED) is 0.178. The summed E-state index contributed by atoms with van der Waals surface area (Å²) in [6.45, 7) is 4.26. The van der Waals surface area contributed by atoms with Crippen LogP contribution in [-0.2, 0) is 0 Å². The summed E-state index contributed by atoms with van der Waals surface area (Å²) in [7, 11) is 0. The van der Waals surface area contributed by atoms with Crippen LogP contribution < -0.4 is 0 Å². The standard InChI is InChI=1S/C56H34F2N2O2/c1-31-49(33-13-11-15-35(57)29-33)54(60-46-22-8-4-18-38(46)42-26-28-44-40-20-6-10-24-48(40)62-56(44)53(42)60)50(34-14-12-16-36(58)30-34)32(2)51(31)59-45-21-7-3-17-37(45)41-25-27-43-39-19-5-9-23-47(39)61-55(43)52(41)59/h3-30H,1-2H3. The van der Waals surface area contributed by atoms with Crippen LogP contribution in [0.5, 0.6) is 0 Å². The van der Waals surface area contributed by atoms with Crippen LogP contribution in [-0.4, -0.2) is 9.13 Å². The molecule has 13 rings (SSSR count). The molecule has 0 spiro atoms. The summed E-state index contributed by atoms with van der Waals surface area (Å²) in [6, 6.07) is 55.3. The number of rotatable bonds is 4. The van der Waals surface area contributed by atoms with Crippen LogP contribution in [0.3, 0.4) is 0 Å². The second kappa shape index (κ2) is 12.8. The third-order valence-corrected chi connectivity index (χ3v) is 13.0. The molecule has 4 nitrogen and oxygen atoms in total. The van der Waals surface area contributed by atoms with Crippen molar-refractivity contribution in [1.82, 2.24) is 9.13 Å². The van der Waals surface area contributed by atoms with E-state index in [-0.39, 0.29) is 11.6 Å². The van der Waals surface area contributed by atoms with Crippen LogP contribution in [0, 0.1) is 25.5 Å². The van der Waals surface area contributed by atoms with Gasteiger partial charge in [0, 0.05) is 54.2 Å². The molecule has 0 aliphatic carbocycles. The maximum absolute atomic E-state index is 15.8. The minimum absolute atomic E-state index is 0.356. The van der Waals surface area contributed by atoms with E-state index in [9.17, 15) is 0 Å². The Labute approximate surface area is 353 Å². The number of halogens is 2. The molecule has 4 heterocycles. The number of aromatic nitrogens is 2. The molecular weight excluding hydrogens is 771 g/mol. The van der Waals surface area contributed by atoms with Crippen molar-refractivity contribution in [3.05, 3.63) is 193 Å². The van der Waals surface area contributed by atoms with Crippen LogP contribution in [0.1, 0.15) is 11.1 Å². The molecule has 62 heavy (non-hydrogen) atoms. The lowest BCUT2D eigenvalue weighted by atomic mass is 9.86. The molecule has 0 N–H and O–H groups in total.